The summed E-state index contributed by atoms with van der Waals surface area (Å²) in [7, 11) is -3.55. The number of aromatic nitrogens is 8. The molecule has 18 nitrogen and oxygen atoms in total. The Morgan fingerprint density at radius 2 is 1.11 bits per heavy atom. The second kappa shape index (κ2) is 19.4. The lowest BCUT2D eigenvalue weighted by Gasteiger charge is -2.16. The quantitative estimate of drug-likeness (QED) is 0.114. The average molecular weight is 891 g/mol. The Morgan fingerprint density at radius 1 is 0.672 bits per heavy atom. The molecule has 0 spiro atoms. The van der Waals surface area contributed by atoms with Gasteiger partial charge >= 0.3 is 0 Å². The lowest BCUT2D eigenvalue weighted by atomic mass is 10.2. The van der Waals surface area contributed by atoms with Gasteiger partial charge in [-0.2, -0.15) is 8.42 Å². The molecule has 64 heavy (non-hydrogen) atoms. The lowest BCUT2D eigenvalue weighted by Crippen LogP contribution is -2.30. The molecule has 6 aromatic rings. The van der Waals surface area contributed by atoms with E-state index in [4.69, 9.17) is 4.18 Å². The van der Waals surface area contributed by atoms with Crippen molar-refractivity contribution in [2.75, 3.05) is 43.1 Å². The van der Waals surface area contributed by atoms with Crippen molar-refractivity contribution in [2.24, 2.45) is 0 Å². The first-order valence-electron chi connectivity index (χ1n) is 21.2. The third-order valence-corrected chi connectivity index (χ3v) is 11.4. The predicted molar refractivity (Wildman–Crippen MR) is 243 cm³/mol. The molecule has 0 aliphatic carbocycles. The largest absolute Gasteiger partial charge is 0.391 e. The van der Waals surface area contributed by atoms with Gasteiger partial charge in [0, 0.05) is 73.2 Å². The molecule has 6 heterocycles. The van der Waals surface area contributed by atoms with Crippen LogP contribution in [0.15, 0.2) is 85.5 Å². The van der Waals surface area contributed by atoms with Crippen LogP contribution >= 0.6 is 0 Å². The summed E-state index contributed by atoms with van der Waals surface area (Å²) in [5.74, 6) is 2.55. The Hall–Kier alpha value is -6.57. The van der Waals surface area contributed by atoms with Crippen molar-refractivity contribution in [3.8, 4) is 22.8 Å². The van der Waals surface area contributed by atoms with Crippen LogP contribution in [0.3, 0.4) is 0 Å². The zero-order valence-electron chi connectivity index (χ0n) is 37.0. The van der Waals surface area contributed by atoms with Crippen molar-refractivity contribution in [3.05, 3.63) is 108 Å². The number of carbonyl (C=O) groups is 2. The third-order valence-electron chi connectivity index (χ3n) is 10.8. The molecule has 2 saturated heterocycles. The molecule has 336 valence electrons. The SMILES string of the molecule is Cc1ncc(-c2ccnc(Nc3ccc(C(=O)N4CC[C@@H](O)C4)cc3)n2)n1C(C)C.Cc1ncc(-c2ccnc(Nc3ccc(C(=O)N4CC[C@@H](OS(C)(=O)=O)C4)cc3)n2)n1C(C)C. The second-order valence-electron chi connectivity index (χ2n) is 16.4. The molecule has 19 heteroatoms. The summed E-state index contributed by atoms with van der Waals surface area (Å²) in [5, 5.41) is 16.0. The zero-order valence-corrected chi connectivity index (χ0v) is 37.8. The normalized spacial score (nSPS) is 16.3. The molecular weight excluding hydrogens is 837 g/mol. The molecule has 2 aliphatic heterocycles. The van der Waals surface area contributed by atoms with Gasteiger partial charge in [-0.05, 0) is 115 Å². The molecule has 0 saturated carbocycles. The number of β-amino-alcohol motifs (C(OH)–C–C–N with tert-alkyl or cyclic N) is 1. The number of aliphatic hydroxyl groups excluding tert-OH is 1. The van der Waals surface area contributed by atoms with E-state index in [1.165, 1.54) is 0 Å². The maximum Gasteiger partial charge on any atom is 0.264 e. The van der Waals surface area contributed by atoms with E-state index in [0.717, 1.165) is 52.1 Å². The van der Waals surface area contributed by atoms with Crippen LogP contribution in [-0.4, -0.2) is 119 Å². The Labute approximate surface area is 372 Å². The van der Waals surface area contributed by atoms with Gasteiger partial charge in [0.25, 0.3) is 21.9 Å². The van der Waals surface area contributed by atoms with Gasteiger partial charge in [-0.1, -0.05) is 0 Å². The van der Waals surface area contributed by atoms with Crippen LogP contribution in [0, 0.1) is 13.8 Å². The van der Waals surface area contributed by atoms with Gasteiger partial charge in [-0.25, -0.2) is 29.9 Å². The Morgan fingerprint density at radius 3 is 1.52 bits per heavy atom. The van der Waals surface area contributed by atoms with Crippen molar-refractivity contribution in [3.63, 3.8) is 0 Å². The fraction of sp³-hybridized carbons (Fsp3) is 0.378. The van der Waals surface area contributed by atoms with Crippen LogP contribution in [0.5, 0.6) is 0 Å². The van der Waals surface area contributed by atoms with Gasteiger partial charge in [0.1, 0.15) is 11.6 Å². The first-order valence-corrected chi connectivity index (χ1v) is 23.0. The second-order valence-corrected chi connectivity index (χ2v) is 18.0. The summed E-state index contributed by atoms with van der Waals surface area (Å²) in [6.45, 7) is 14.1. The molecule has 0 bridgehead atoms. The highest BCUT2D eigenvalue weighted by atomic mass is 32.2. The van der Waals surface area contributed by atoms with Crippen molar-refractivity contribution in [1.29, 1.82) is 0 Å². The molecule has 3 N–H and O–H groups in total. The van der Waals surface area contributed by atoms with E-state index in [2.05, 4.69) is 77.4 Å². The zero-order chi connectivity index (χ0) is 45.7. The van der Waals surface area contributed by atoms with E-state index >= 15 is 0 Å². The molecule has 2 aromatic carbocycles. The van der Waals surface area contributed by atoms with Crippen LogP contribution in [0.1, 0.15) is 85.0 Å². The van der Waals surface area contributed by atoms with Crippen LogP contribution in [0.2, 0.25) is 0 Å². The maximum absolute atomic E-state index is 12.8. The molecule has 8 rings (SSSR count). The first-order chi connectivity index (χ1) is 30.5. The highest BCUT2D eigenvalue weighted by molar-refractivity contribution is 7.86. The number of aryl methyl sites for hydroxylation is 2. The number of nitrogens with zero attached hydrogens (tertiary/aromatic N) is 10. The monoisotopic (exact) mass is 890 g/mol. The van der Waals surface area contributed by atoms with Gasteiger partial charge in [0.2, 0.25) is 11.9 Å². The van der Waals surface area contributed by atoms with Gasteiger partial charge in [-0.3, -0.25) is 13.8 Å². The van der Waals surface area contributed by atoms with Crippen LogP contribution in [0.25, 0.3) is 22.8 Å². The van der Waals surface area contributed by atoms with Crippen LogP contribution < -0.4 is 10.6 Å². The topological polar surface area (TPSA) is 215 Å². The minimum Gasteiger partial charge on any atom is -0.391 e. The van der Waals surface area contributed by atoms with Crippen molar-refractivity contribution >= 4 is 45.2 Å². The minimum absolute atomic E-state index is 0.0614. The number of imidazole rings is 2. The number of likely N-dealkylation sites (tertiary alicyclic amines) is 2. The fourth-order valence-corrected chi connectivity index (χ4v) is 8.54. The van der Waals surface area contributed by atoms with Gasteiger partial charge < -0.3 is 34.7 Å². The number of hydrogen-bond donors (Lipinski definition) is 3. The molecule has 2 aliphatic rings. The van der Waals surface area contributed by atoms with Gasteiger partial charge in [0.05, 0.1) is 53.6 Å². The van der Waals surface area contributed by atoms with E-state index in [0.29, 0.717) is 55.5 Å². The number of hydrogen-bond acceptors (Lipinski definition) is 14. The van der Waals surface area contributed by atoms with Crippen molar-refractivity contribution < 1.29 is 27.3 Å². The molecule has 0 unspecified atom stereocenters. The number of rotatable bonds is 12. The number of aliphatic hydroxyl groups is 1. The molecule has 2 atom stereocenters. The van der Waals surface area contributed by atoms with E-state index in [1.54, 1.807) is 58.6 Å². The maximum atomic E-state index is 12.8. The Kier molecular flexibility index (Phi) is 13.8. The summed E-state index contributed by atoms with van der Waals surface area (Å²) >= 11 is 0. The van der Waals surface area contributed by atoms with E-state index in [-0.39, 0.29) is 30.4 Å². The predicted octanol–water partition coefficient (Wildman–Crippen LogP) is 6.34. The molecule has 2 amide bonds. The number of nitrogens with one attached hydrogen (secondary N) is 2. The smallest absolute Gasteiger partial charge is 0.264 e. The average Bonchev–Trinajstić information content (AvgIpc) is 4.08. The number of anilines is 4. The van der Waals surface area contributed by atoms with E-state index in [1.807, 2.05) is 50.5 Å². The Balaban J connectivity index is 0.000000193. The summed E-state index contributed by atoms with van der Waals surface area (Å²) < 4.78 is 31.9. The molecule has 4 aromatic heterocycles. The summed E-state index contributed by atoms with van der Waals surface area (Å²) in [5.41, 5.74) is 6.06. The lowest BCUT2D eigenvalue weighted by molar-refractivity contribution is 0.0762. The van der Waals surface area contributed by atoms with Gasteiger partial charge in [0.15, 0.2) is 0 Å². The standard InChI is InChI=1S/C23H28N6O4S.C22H26N6O2/c1-15(2)29-16(3)25-13-21(29)20-9-11-24-23(27-20)26-18-7-5-17(6-8-18)22(30)28-12-10-19(14-28)33-34(4,31)32;1-14(2)28-15(3)24-12-20(28)19-8-10-23-22(26-19)25-17-6-4-16(5-7-17)21(30)27-11-9-18(29)13-27/h5-9,11,13,15,19H,10,12,14H2,1-4H3,(H,24,26,27);4-8,10,12,14,18,29H,9,11,13H2,1-3H3,(H,23,25,26)/t19-;18-/m11/s1. The van der Waals surface area contributed by atoms with Crippen molar-refractivity contribution in [2.45, 2.75) is 78.7 Å². The highest BCUT2D eigenvalue weighted by Crippen LogP contribution is 2.27. The fourth-order valence-electron chi connectivity index (χ4n) is 7.89. The summed E-state index contributed by atoms with van der Waals surface area (Å²) in [6, 6.07) is 18.5. The summed E-state index contributed by atoms with van der Waals surface area (Å²) in [6.07, 6.45) is 8.27. The highest BCUT2D eigenvalue weighted by Gasteiger charge is 2.30. The first kappa shape index (κ1) is 45.5. The molecular formula is C45H54N12O6S. The number of benzene rings is 2. The van der Waals surface area contributed by atoms with Crippen molar-refractivity contribution in [1.82, 2.24) is 48.8 Å². The third kappa shape index (κ3) is 11.0. The molecule has 0 radical (unpaired) electrons. The van der Waals surface area contributed by atoms with Gasteiger partial charge in [-0.15, -0.1) is 0 Å². The van der Waals surface area contributed by atoms with E-state index < -0.39 is 22.3 Å². The van der Waals surface area contributed by atoms with Crippen LogP contribution in [0.4, 0.5) is 23.3 Å². The Bertz CT molecular complexity index is 2700. The number of carbonyl (C=O) groups excluding carboxylic acids is 2. The van der Waals surface area contributed by atoms with E-state index in [9.17, 15) is 23.1 Å². The summed E-state index contributed by atoms with van der Waals surface area (Å²) in [4.78, 5) is 55.3. The van der Waals surface area contributed by atoms with Crippen LogP contribution in [-0.2, 0) is 14.3 Å². The molecule has 2 fully saturated rings. The minimum atomic E-state index is -3.55. The number of amides is 2.